The lowest BCUT2D eigenvalue weighted by atomic mass is 10.1. The van der Waals surface area contributed by atoms with Gasteiger partial charge in [0.05, 0.1) is 18.8 Å². The molecule has 1 aliphatic carbocycles. The first-order valence-electron chi connectivity index (χ1n) is 8.56. The lowest BCUT2D eigenvalue weighted by Gasteiger charge is -2.38. The molecule has 1 saturated heterocycles. The highest BCUT2D eigenvalue weighted by atomic mass is 16.5. The van der Waals surface area contributed by atoms with Crippen LogP contribution in [0.2, 0.25) is 0 Å². The molecule has 1 amide bonds. The van der Waals surface area contributed by atoms with Gasteiger partial charge in [-0.3, -0.25) is 9.59 Å². The summed E-state index contributed by atoms with van der Waals surface area (Å²) in [6.07, 6.45) is 2.05. The van der Waals surface area contributed by atoms with Crippen LogP contribution in [0.1, 0.15) is 46.4 Å². The van der Waals surface area contributed by atoms with Crippen LogP contribution in [-0.4, -0.2) is 39.7 Å². The van der Waals surface area contributed by atoms with Crippen LogP contribution in [0, 0.1) is 20.8 Å². The molecule has 7 heteroatoms. The van der Waals surface area contributed by atoms with Crippen LogP contribution in [0.4, 0.5) is 0 Å². The molecule has 3 heterocycles. The molecule has 0 bridgehead atoms. The summed E-state index contributed by atoms with van der Waals surface area (Å²) in [5.41, 5.74) is 2.04. The largest absolute Gasteiger partial charge is 0.486 e. The smallest absolute Gasteiger partial charge is 0.259 e. The van der Waals surface area contributed by atoms with Crippen molar-refractivity contribution >= 4 is 5.91 Å². The normalized spacial score (nSPS) is 17.5. The van der Waals surface area contributed by atoms with Gasteiger partial charge in [-0.05, 0) is 39.7 Å². The van der Waals surface area contributed by atoms with Crippen LogP contribution in [0.25, 0.3) is 0 Å². The molecule has 4 rings (SSSR count). The number of pyridine rings is 1. The number of carbonyl (C=O) groups excluding carboxylic acids is 1. The first-order chi connectivity index (χ1) is 11.9. The Labute approximate surface area is 145 Å². The Kier molecular flexibility index (Phi) is 3.67. The predicted octanol–water partition coefficient (Wildman–Crippen LogP) is 2.00. The van der Waals surface area contributed by atoms with Crippen LogP contribution in [0.3, 0.4) is 0 Å². The maximum absolute atomic E-state index is 12.5. The zero-order valence-corrected chi connectivity index (χ0v) is 14.6. The Morgan fingerprint density at radius 2 is 1.96 bits per heavy atom. The van der Waals surface area contributed by atoms with E-state index in [1.54, 1.807) is 24.8 Å². The first-order valence-corrected chi connectivity index (χ1v) is 8.56. The summed E-state index contributed by atoms with van der Waals surface area (Å²) in [6, 6.07) is 3.80. The highest BCUT2D eigenvalue weighted by Gasteiger charge is 2.35. The summed E-state index contributed by atoms with van der Waals surface area (Å²) >= 11 is 0. The fraction of sp³-hybridized carbons (Fsp3) is 0.500. The molecule has 132 valence electrons. The molecule has 2 aromatic rings. The van der Waals surface area contributed by atoms with Gasteiger partial charge in [0, 0.05) is 17.8 Å². The lowest BCUT2D eigenvalue weighted by Crippen LogP contribution is -2.56. The fourth-order valence-electron chi connectivity index (χ4n) is 3.37. The van der Waals surface area contributed by atoms with Crippen molar-refractivity contribution in [2.24, 2.45) is 0 Å². The number of nitrogens with zero attached hydrogens (tertiary/aromatic N) is 3. The summed E-state index contributed by atoms with van der Waals surface area (Å²) in [5.74, 6) is 1.02. The van der Waals surface area contributed by atoms with Gasteiger partial charge in [0.15, 0.2) is 0 Å². The molecule has 0 aromatic carbocycles. The van der Waals surface area contributed by atoms with Gasteiger partial charge in [0.1, 0.15) is 23.2 Å². The molecule has 0 spiro atoms. The third-order valence-electron chi connectivity index (χ3n) is 4.83. The number of aromatic nitrogens is 2. The highest BCUT2D eigenvalue weighted by Crippen LogP contribution is 2.35. The van der Waals surface area contributed by atoms with Gasteiger partial charge in [-0.2, -0.15) is 0 Å². The van der Waals surface area contributed by atoms with Gasteiger partial charge in [0.25, 0.3) is 11.5 Å². The Hall–Kier alpha value is -2.57. The molecule has 1 aliphatic heterocycles. The van der Waals surface area contributed by atoms with E-state index in [2.05, 4.69) is 5.16 Å². The van der Waals surface area contributed by atoms with Crippen molar-refractivity contribution in [3.8, 4) is 5.75 Å². The van der Waals surface area contributed by atoms with Crippen LogP contribution in [-0.2, 0) is 0 Å². The van der Waals surface area contributed by atoms with E-state index >= 15 is 0 Å². The molecule has 2 aliphatic rings. The number of ether oxygens (including phenoxy) is 1. The van der Waals surface area contributed by atoms with Crippen molar-refractivity contribution in [1.29, 1.82) is 0 Å². The number of hydrogen-bond donors (Lipinski definition) is 0. The maximum Gasteiger partial charge on any atom is 0.259 e. The second-order valence-electron chi connectivity index (χ2n) is 6.92. The van der Waals surface area contributed by atoms with Crippen molar-refractivity contribution in [1.82, 2.24) is 14.6 Å². The number of rotatable bonds is 4. The van der Waals surface area contributed by atoms with Gasteiger partial charge in [-0.1, -0.05) is 5.16 Å². The van der Waals surface area contributed by atoms with E-state index in [4.69, 9.17) is 9.26 Å². The summed E-state index contributed by atoms with van der Waals surface area (Å²) in [4.78, 5) is 26.4. The predicted molar refractivity (Wildman–Crippen MR) is 90.0 cm³/mol. The molecular weight excluding hydrogens is 322 g/mol. The van der Waals surface area contributed by atoms with Crippen molar-refractivity contribution in [2.45, 2.75) is 45.8 Å². The Morgan fingerprint density at radius 3 is 2.52 bits per heavy atom. The Balaban J connectivity index is 1.40. The third-order valence-corrected chi connectivity index (χ3v) is 4.83. The van der Waals surface area contributed by atoms with Gasteiger partial charge in [-0.25, -0.2) is 0 Å². The van der Waals surface area contributed by atoms with E-state index in [-0.39, 0.29) is 17.6 Å². The van der Waals surface area contributed by atoms with Crippen molar-refractivity contribution < 1.29 is 14.1 Å². The fourth-order valence-corrected chi connectivity index (χ4v) is 3.37. The SMILES string of the molecule is Cc1noc(C)c1C(=O)N1CC(Oc2cc(C)n(C3CC3)c(=O)c2)C1. The maximum atomic E-state index is 12.5. The van der Waals surface area contributed by atoms with Crippen LogP contribution in [0.15, 0.2) is 21.5 Å². The second-order valence-corrected chi connectivity index (χ2v) is 6.92. The molecule has 0 atom stereocenters. The zero-order chi connectivity index (χ0) is 17.7. The van der Waals surface area contributed by atoms with E-state index in [0.29, 0.717) is 41.9 Å². The van der Waals surface area contributed by atoms with Crippen LogP contribution in [0.5, 0.6) is 5.75 Å². The second kappa shape index (κ2) is 5.75. The minimum absolute atomic E-state index is 0.0134. The van der Waals surface area contributed by atoms with Crippen molar-refractivity contribution in [3.63, 3.8) is 0 Å². The summed E-state index contributed by atoms with van der Waals surface area (Å²) < 4.78 is 12.8. The molecule has 1 saturated carbocycles. The van der Waals surface area contributed by atoms with Crippen LogP contribution >= 0.6 is 0 Å². The standard InChI is InChI=1S/C18H21N3O4/c1-10-6-14(7-16(22)21(10)13-4-5-13)24-15-8-20(9-15)18(23)17-11(2)19-25-12(17)3/h6-7,13,15H,4-5,8-9H2,1-3H3. The molecular formula is C18H21N3O4. The lowest BCUT2D eigenvalue weighted by molar-refractivity contribution is 0.0174. The molecule has 0 radical (unpaired) electrons. The average molecular weight is 343 g/mol. The number of likely N-dealkylation sites (tertiary alicyclic amines) is 1. The summed E-state index contributed by atoms with van der Waals surface area (Å²) in [6.45, 7) is 6.41. The van der Waals surface area contributed by atoms with Crippen LogP contribution < -0.4 is 10.3 Å². The van der Waals surface area contributed by atoms with Gasteiger partial charge >= 0.3 is 0 Å². The van der Waals surface area contributed by atoms with E-state index in [0.717, 1.165) is 18.5 Å². The number of aryl methyl sites for hydroxylation is 3. The highest BCUT2D eigenvalue weighted by molar-refractivity contribution is 5.96. The monoisotopic (exact) mass is 343 g/mol. The topological polar surface area (TPSA) is 77.6 Å². The Morgan fingerprint density at radius 1 is 1.24 bits per heavy atom. The van der Waals surface area contributed by atoms with Gasteiger partial charge in [-0.15, -0.1) is 0 Å². The molecule has 0 unspecified atom stereocenters. The number of amides is 1. The molecule has 25 heavy (non-hydrogen) atoms. The van der Waals surface area contributed by atoms with Crippen molar-refractivity contribution in [3.05, 3.63) is 45.2 Å². The molecule has 2 aromatic heterocycles. The number of carbonyl (C=O) groups is 1. The zero-order valence-electron chi connectivity index (χ0n) is 14.6. The van der Waals surface area contributed by atoms with Gasteiger partial charge in [0.2, 0.25) is 0 Å². The van der Waals surface area contributed by atoms with E-state index in [9.17, 15) is 9.59 Å². The van der Waals surface area contributed by atoms with E-state index in [1.807, 2.05) is 17.6 Å². The van der Waals surface area contributed by atoms with E-state index < -0.39 is 0 Å². The summed E-state index contributed by atoms with van der Waals surface area (Å²) in [5, 5.41) is 3.82. The van der Waals surface area contributed by atoms with E-state index in [1.165, 1.54) is 0 Å². The summed E-state index contributed by atoms with van der Waals surface area (Å²) in [7, 11) is 0. The molecule has 7 nitrogen and oxygen atoms in total. The average Bonchev–Trinajstić information content (AvgIpc) is 3.27. The van der Waals surface area contributed by atoms with Crippen molar-refractivity contribution in [2.75, 3.05) is 13.1 Å². The first kappa shape index (κ1) is 15.9. The minimum Gasteiger partial charge on any atom is -0.486 e. The minimum atomic E-state index is -0.0972. The quantitative estimate of drug-likeness (QED) is 0.848. The van der Waals surface area contributed by atoms with Gasteiger partial charge < -0.3 is 18.7 Å². The molecule has 2 fully saturated rings. The number of hydrogen-bond acceptors (Lipinski definition) is 5. The third kappa shape index (κ3) is 2.83. The molecule has 0 N–H and O–H groups in total. The Bertz CT molecular complexity index is 869.